The third-order valence-electron chi connectivity index (χ3n) is 3.20. The number of carbonyl (C=O) groups is 1. The van der Waals surface area contributed by atoms with Crippen molar-refractivity contribution in [3.8, 4) is 0 Å². The first-order valence-electron chi connectivity index (χ1n) is 6.01. The van der Waals surface area contributed by atoms with Gasteiger partial charge in [0.2, 0.25) is 10.0 Å². The summed E-state index contributed by atoms with van der Waals surface area (Å²) in [5.74, 6) is -1.94. The van der Waals surface area contributed by atoms with E-state index < -0.39 is 32.9 Å². The molecule has 0 radical (unpaired) electrons. The van der Waals surface area contributed by atoms with Crippen molar-refractivity contribution < 1.29 is 23.2 Å². The van der Waals surface area contributed by atoms with Crippen molar-refractivity contribution in [3.05, 3.63) is 34.4 Å². The number of benzene rings is 1. The molecule has 1 aliphatic rings. The minimum Gasteiger partial charge on any atom is -0.481 e. The Morgan fingerprint density at radius 2 is 1.95 bits per heavy atom. The SMILES string of the molecule is O=C(O)C1CNCC1NS(=O)(=O)c1ccc([N+](=O)[O-])cc1. The van der Waals surface area contributed by atoms with Crippen molar-refractivity contribution in [3.63, 3.8) is 0 Å². The Balaban J connectivity index is 2.18. The van der Waals surface area contributed by atoms with Crippen LogP contribution in [0.2, 0.25) is 0 Å². The molecule has 2 atom stereocenters. The predicted octanol–water partition coefficient (Wildman–Crippen LogP) is -0.454. The van der Waals surface area contributed by atoms with Gasteiger partial charge >= 0.3 is 5.97 Å². The third-order valence-corrected chi connectivity index (χ3v) is 4.70. The number of hydrogen-bond acceptors (Lipinski definition) is 6. The lowest BCUT2D eigenvalue weighted by atomic mass is 10.1. The molecule has 0 spiro atoms. The minimum atomic E-state index is -3.93. The van der Waals surface area contributed by atoms with E-state index in [0.29, 0.717) is 0 Å². The van der Waals surface area contributed by atoms with Crippen molar-refractivity contribution in [2.75, 3.05) is 13.1 Å². The molecule has 2 rings (SSSR count). The van der Waals surface area contributed by atoms with Gasteiger partial charge in [0.1, 0.15) is 0 Å². The second kappa shape index (κ2) is 5.76. The van der Waals surface area contributed by atoms with Crippen LogP contribution in [-0.4, -0.2) is 43.5 Å². The fourth-order valence-corrected chi connectivity index (χ4v) is 3.35. The molecule has 0 bridgehead atoms. The molecule has 1 saturated heterocycles. The van der Waals surface area contributed by atoms with Crippen LogP contribution in [0.25, 0.3) is 0 Å². The normalized spacial score (nSPS) is 22.1. The van der Waals surface area contributed by atoms with Crippen molar-refractivity contribution >= 4 is 21.7 Å². The van der Waals surface area contributed by atoms with E-state index in [9.17, 15) is 23.3 Å². The molecule has 0 saturated carbocycles. The zero-order chi connectivity index (χ0) is 15.6. The average molecular weight is 315 g/mol. The highest BCUT2D eigenvalue weighted by atomic mass is 32.2. The van der Waals surface area contributed by atoms with Crippen LogP contribution in [0.4, 0.5) is 5.69 Å². The lowest BCUT2D eigenvalue weighted by molar-refractivity contribution is -0.384. The zero-order valence-corrected chi connectivity index (χ0v) is 11.5. The maximum absolute atomic E-state index is 12.1. The summed E-state index contributed by atoms with van der Waals surface area (Å²) in [7, 11) is -3.93. The number of nitrogens with zero attached hydrogens (tertiary/aromatic N) is 1. The molecule has 0 aromatic heterocycles. The molecule has 10 heteroatoms. The summed E-state index contributed by atoms with van der Waals surface area (Å²) in [6, 6.07) is 3.62. The van der Waals surface area contributed by atoms with Crippen LogP contribution in [0.3, 0.4) is 0 Å². The van der Waals surface area contributed by atoms with Gasteiger partial charge in [0.05, 0.1) is 15.7 Å². The summed E-state index contributed by atoms with van der Waals surface area (Å²) in [5.41, 5.74) is -0.222. The molecule has 0 aliphatic carbocycles. The Labute approximate surface area is 120 Å². The predicted molar refractivity (Wildman–Crippen MR) is 71.2 cm³/mol. The molecule has 0 amide bonds. The second-order valence-electron chi connectivity index (χ2n) is 4.58. The molecular formula is C11H13N3O6S. The fourth-order valence-electron chi connectivity index (χ4n) is 2.08. The number of non-ortho nitro benzene ring substituents is 1. The van der Waals surface area contributed by atoms with Crippen LogP contribution in [0.5, 0.6) is 0 Å². The highest BCUT2D eigenvalue weighted by Crippen LogP contribution is 2.18. The van der Waals surface area contributed by atoms with Gasteiger partial charge in [-0.1, -0.05) is 0 Å². The lowest BCUT2D eigenvalue weighted by Gasteiger charge is -2.16. The van der Waals surface area contributed by atoms with Crippen LogP contribution < -0.4 is 10.0 Å². The largest absolute Gasteiger partial charge is 0.481 e. The van der Waals surface area contributed by atoms with E-state index in [1.807, 2.05) is 0 Å². The van der Waals surface area contributed by atoms with E-state index in [1.54, 1.807) is 0 Å². The number of carboxylic acid groups (broad SMARTS) is 1. The molecule has 1 heterocycles. The number of rotatable bonds is 5. The Kier molecular flexibility index (Phi) is 4.21. The molecule has 1 aromatic carbocycles. The van der Waals surface area contributed by atoms with E-state index in [-0.39, 0.29) is 23.7 Å². The van der Waals surface area contributed by atoms with Crippen LogP contribution in [0.15, 0.2) is 29.2 Å². The molecule has 1 aromatic rings. The number of sulfonamides is 1. The first kappa shape index (κ1) is 15.4. The van der Waals surface area contributed by atoms with E-state index in [1.165, 1.54) is 0 Å². The molecule has 3 N–H and O–H groups in total. The summed E-state index contributed by atoms with van der Waals surface area (Å²) in [6.45, 7) is 0.395. The fraction of sp³-hybridized carbons (Fsp3) is 0.364. The van der Waals surface area contributed by atoms with Crippen molar-refractivity contribution in [2.45, 2.75) is 10.9 Å². The second-order valence-corrected chi connectivity index (χ2v) is 6.30. The van der Waals surface area contributed by atoms with E-state index in [0.717, 1.165) is 24.3 Å². The van der Waals surface area contributed by atoms with Gasteiger partial charge < -0.3 is 10.4 Å². The van der Waals surface area contributed by atoms with E-state index in [4.69, 9.17) is 5.11 Å². The summed E-state index contributed by atoms with van der Waals surface area (Å²) < 4.78 is 26.6. The Morgan fingerprint density at radius 3 is 2.48 bits per heavy atom. The van der Waals surface area contributed by atoms with Gasteiger partial charge in [0.15, 0.2) is 0 Å². The zero-order valence-electron chi connectivity index (χ0n) is 10.7. The summed E-state index contributed by atoms with van der Waals surface area (Å²) in [6.07, 6.45) is 0. The Bertz CT molecular complexity index is 657. The topological polar surface area (TPSA) is 139 Å². The highest BCUT2D eigenvalue weighted by molar-refractivity contribution is 7.89. The number of nitro groups is 1. The standard InChI is InChI=1S/C11H13N3O6S/c15-11(16)9-5-12-6-10(9)13-21(19,20)8-3-1-7(2-4-8)14(17)18/h1-4,9-10,12-13H,5-6H2,(H,15,16). The maximum Gasteiger partial charge on any atom is 0.309 e. The number of nitro benzene ring substituents is 1. The van der Waals surface area contributed by atoms with Gasteiger partial charge in [0, 0.05) is 31.3 Å². The van der Waals surface area contributed by atoms with Crippen molar-refractivity contribution in [1.29, 1.82) is 0 Å². The molecule has 1 aliphatic heterocycles. The highest BCUT2D eigenvalue weighted by Gasteiger charge is 2.35. The molecule has 114 valence electrons. The smallest absolute Gasteiger partial charge is 0.309 e. The van der Waals surface area contributed by atoms with Crippen molar-refractivity contribution in [1.82, 2.24) is 10.0 Å². The third kappa shape index (κ3) is 3.35. The summed E-state index contributed by atoms with van der Waals surface area (Å²) in [4.78, 5) is 20.7. The van der Waals surface area contributed by atoms with Gasteiger partial charge in [0.25, 0.3) is 5.69 Å². The van der Waals surface area contributed by atoms with E-state index >= 15 is 0 Å². The van der Waals surface area contributed by atoms with Gasteiger partial charge in [-0.3, -0.25) is 14.9 Å². The molecule has 2 unspecified atom stereocenters. The molecule has 21 heavy (non-hydrogen) atoms. The van der Waals surface area contributed by atoms with Crippen LogP contribution in [0.1, 0.15) is 0 Å². The molecule has 9 nitrogen and oxygen atoms in total. The van der Waals surface area contributed by atoms with E-state index in [2.05, 4.69) is 10.0 Å². The summed E-state index contributed by atoms with van der Waals surface area (Å²) in [5, 5.41) is 22.3. The minimum absolute atomic E-state index is 0.149. The number of hydrogen-bond donors (Lipinski definition) is 3. The monoisotopic (exact) mass is 315 g/mol. The Morgan fingerprint density at radius 1 is 1.33 bits per heavy atom. The molecule has 1 fully saturated rings. The molecular weight excluding hydrogens is 302 g/mol. The van der Waals surface area contributed by atoms with Crippen LogP contribution in [-0.2, 0) is 14.8 Å². The van der Waals surface area contributed by atoms with Crippen LogP contribution in [0, 0.1) is 16.0 Å². The van der Waals surface area contributed by atoms with Gasteiger partial charge in [-0.25, -0.2) is 13.1 Å². The quantitative estimate of drug-likeness (QED) is 0.494. The Hall–Kier alpha value is -2.04. The lowest BCUT2D eigenvalue weighted by Crippen LogP contribution is -2.42. The summed E-state index contributed by atoms with van der Waals surface area (Å²) >= 11 is 0. The number of nitrogens with one attached hydrogen (secondary N) is 2. The number of aliphatic carboxylic acids is 1. The first-order valence-corrected chi connectivity index (χ1v) is 7.50. The van der Waals surface area contributed by atoms with Gasteiger partial charge in [-0.2, -0.15) is 0 Å². The van der Waals surface area contributed by atoms with Crippen molar-refractivity contribution in [2.24, 2.45) is 5.92 Å². The first-order chi connectivity index (χ1) is 9.81. The van der Waals surface area contributed by atoms with Crippen LogP contribution >= 0.6 is 0 Å². The average Bonchev–Trinajstić information content (AvgIpc) is 2.86. The van der Waals surface area contributed by atoms with Gasteiger partial charge in [-0.05, 0) is 12.1 Å². The van der Waals surface area contributed by atoms with Gasteiger partial charge in [-0.15, -0.1) is 0 Å². The number of carboxylic acids is 1. The maximum atomic E-state index is 12.1.